The van der Waals surface area contributed by atoms with E-state index < -0.39 is 0 Å². The fourth-order valence-corrected chi connectivity index (χ4v) is 2.87. The van der Waals surface area contributed by atoms with Gasteiger partial charge in [0, 0.05) is 23.9 Å². The van der Waals surface area contributed by atoms with Crippen molar-refractivity contribution in [3.8, 4) is 16.9 Å². The summed E-state index contributed by atoms with van der Waals surface area (Å²) in [5, 5.41) is 0. The van der Waals surface area contributed by atoms with Crippen molar-refractivity contribution in [1.82, 2.24) is 14.5 Å². The van der Waals surface area contributed by atoms with Crippen molar-refractivity contribution in [2.45, 2.75) is 13.3 Å². The first-order valence-electron chi connectivity index (χ1n) is 7.76. The molecular formula is C20H16N3. The van der Waals surface area contributed by atoms with E-state index in [4.69, 9.17) is 4.98 Å². The fourth-order valence-electron chi connectivity index (χ4n) is 2.87. The standard InChI is InChI=1S/C20H16N3/c1-2-20-22-18-14-15(17-10-6-7-13-21-17)11-12-19(18)23(20)16-8-4-3-5-9-16/h3-4,6-14H,2H2,1H3. The molecule has 0 N–H and O–H groups in total. The molecule has 0 saturated heterocycles. The summed E-state index contributed by atoms with van der Waals surface area (Å²) in [4.78, 5) is 9.24. The van der Waals surface area contributed by atoms with Crippen LogP contribution in [0.25, 0.3) is 28.0 Å². The van der Waals surface area contributed by atoms with E-state index in [1.165, 1.54) is 0 Å². The highest BCUT2D eigenvalue weighted by Gasteiger charge is 2.12. The summed E-state index contributed by atoms with van der Waals surface area (Å²) in [5.41, 5.74) is 5.26. The molecular weight excluding hydrogens is 282 g/mol. The summed E-state index contributed by atoms with van der Waals surface area (Å²) in [6.45, 7) is 2.13. The normalized spacial score (nSPS) is 11.0. The minimum atomic E-state index is 0.877. The summed E-state index contributed by atoms with van der Waals surface area (Å²) < 4.78 is 2.20. The number of pyridine rings is 1. The zero-order valence-electron chi connectivity index (χ0n) is 12.9. The van der Waals surface area contributed by atoms with Crippen LogP contribution in [0.4, 0.5) is 0 Å². The van der Waals surface area contributed by atoms with E-state index in [9.17, 15) is 0 Å². The van der Waals surface area contributed by atoms with Gasteiger partial charge in [-0.25, -0.2) is 4.98 Å². The summed E-state index contributed by atoms with van der Waals surface area (Å²) >= 11 is 0. The van der Waals surface area contributed by atoms with Crippen molar-refractivity contribution in [3.63, 3.8) is 0 Å². The topological polar surface area (TPSA) is 30.7 Å². The second-order valence-electron chi connectivity index (χ2n) is 5.40. The predicted octanol–water partition coefficient (Wildman–Crippen LogP) is 4.45. The molecule has 2 aromatic carbocycles. The Morgan fingerprint density at radius 3 is 2.78 bits per heavy atom. The fraction of sp³-hybridized carbons (Fsp3) is 0.100. The first-order valence-corrected chi connectivity index (χ1v) is 7.76. The molecule has 2 heterocycles. The quantitative estimate of drug-likeness (QED) is 0.559. The molecule has 2 aromatic heterocycles. The molecule has 0 saturated carbocycles. The SMILES string of the molecule is CCc1nc2cc(-c3ccccn3)ccc2n1-c1c[c]ccc1. The maximum atomic E-state index is 4.81. The number of hydrogen-bond donors (Lipinski definition) is 0. The van der Waals surface area contributed by atoms with Crippen LogP contribution in [0.3, 0.4) is 0 Å². The Morgan fingerprint density at radius 1 is 1.09 bits per heavy atom. The van der Waals surface area contributed by atoms with E-state index in [2.05, 4.69) is 46.8 Å². The van der Waals surface area contributed by atoms with Gasteiger partial charge in [-0.05, 0) is 42.5 Å². The van der Waals surface area contributed by atoms with Crippen molar-refractivity contribution in [3.05, 3.63) is 78.8 Å². The molecule has 0 atom stereocenters. The van der Waals surface area contributed by atoms with E-state index in [1.54, 1.807) is 0 Å². The Labute approximate surface area is 135 Å². The van der Waals surface area contributed by atoms with Crippen LogP contribution in [-0.2, 0) is 6.42 Å². The van der Waals surface area contributed by atoms with Crippen LogP contribution >= 0.6 is 0 Å². The first kappa shape index (κ1) is 13.7. The average Bonchev–Trinajstić information content (AvgIpc) is 3.01. The summed E-state index contributed by atoms with van der Waals surface area (Å²) in [7, 11) is 0. The van der Waals surface area contributed by atoms with Crippen LogP contribution in [0.1, 0.15) is 12.7 Å². The van der Waals surface area contributed by atoms with Crippen LogP contribution in [0.15, 0.2) is 66.9 Å². The van der Waals surface area contributed by atoms with Crippen LogP contribution in [0.2, 0.25) is 0 Å². The molecule has 111 valence electrons. The van der Waals surface area contributed by atoms with Crippen molar-refractivity contribution in [1.29, 1.82) is 0 Å². The van der Waals surface area contributed by atoms with E-state index in [0.717, 1.165) is 40.2 Å². The molecule has 0 bridgehead atoms. The van der Waals surface area contributed by atoms with Gasteiger partial charge in [-0.1, -0.05) is 31.2 Å². The molecule has 0 amide bonds. The number of imidazole rings is 1. The minimum Gasteiger partial charge on any atom is -0.296 e. The molecule has 1 radical (unpaired) electrons. The van der Waals surface area contributed by atoms with Gasteiger partial charge in [0.25, 0.3) is 0 Å². The van der Waals surface area contributed by atoms with E-state index >= 15 is 0 Å². The number of rotatable bonds is 3. The number of fused-ring (bicyclic) bond motifs is 1. The van der Waals surface area contributed by atoms with Crippen molar-refractivity contribution in [2.24, 2.45) is 0 Å². The lowest BCUT2D eigenvalue weighted by molar-refractivity contribution is 0.908. The molecule has 23 heavy (non-hydrogen) atoms. The number of benzene rings is 2. The number of hydrogen-bond acceptors (Lipinski definition) is 2. The maximum Gasteiger partial charge on any atom is 0.114 e. The predicted molar refractivity (Wildman–Crippen MR) is 92.5 cm³/mol. The van der Waals surface area contributed by atoms with Gasteiger partial charge in [-0.3, -0.25) is 9.55 Å². The van der Waals surface area contributed by atoms with Crippen LogP contribution < -0.4 is 0 Å². The third-order valence-electron chi connectivity index (χ3n) is 3.95. The molecule has 0 unspecified atom stereocenters. The number of nitrogens with zero attached hydrogens (tertiary/aromatic N) is 3. The highest BCUT2D eigenvalue weighted by atomic mass is 15.1. The minimum absolute atomic E-state index is 0.877. The maximum absolute atomic E-state index is 4.81. The Hall–Kier alpha value is -2.94. The van der Waals surface area contributed by atoms with Gasteiger partial charge in [0.15, 0.2) is 0 Å². The summed E-state index contributed by atoms with van der Waals surface area (Å²) in [6, 6.07) is 23.4. The Bertz CT molecular complexity index is 941. The Morgan fingerprint density at radius 2 is 2.04 bits per heavy atom. The molecule has 0 aliphatic rings. The van der Waals surface area contributed by atoms with Crippen molar-refractivity contribution >= 4 is 11.0 Å². The zero-order chi connectivity index (χ0) is 15.6. The highest BCUT2D eigenvalue weighted by Crippen LogP contribution is 2.26. The molecule has 3 heteroatoms. The smallest absolute Gasteiger partial charge is 0.114 e. The molecule has 0 aliphatic heterocycles. The molecule has 3 nitrogen and oxygen atoms in total. The lowest BCUT2D eigenvalue weighted by Gasteiger charge is -2.08. The monoisotopic (exact) mass is 298 g/mol. The van der Waals surface area contributed by atoms with E-state index in [-0.39, 0.29) is 0 Å². The largest absolute Gasteiger partial charge is 0.296 e. The van der Waals surface area contributed by atoms with E-state index in [1.807, 2.05) is 42.6 Å². The van der Waals surface area contributed by atoms with Gasteiger partial charge in [-0.2, -0.15) is 0 Å². The van der Waals surface area contributed by atoms with E-state index in [0.29, 0.717) is 0 Å². The second-order valence-corrected chi connectivity index (χ2v) is 5.40. The lowest BCUT2D eigenvalue weighted by atomic mass is 10.1. The lowest BCUT2D eigenvalue weighted by Crippen LogP contribution is -1.99. The molecule has 4 rings (SSSR count). The van der Waals surface area contributed by atoms with Gasteiger partial charge in [0.2, 0.25) is 0 Å². The third kappa shape index (κ3) is 2.40. The second kappa shape index (κ2) is 5.69. The van der Waals surface area contributed by atoms with Gasteiger partial charge in [0.1, 0.15) is 5.82 Å². The Kier molecular flexibility index (Phi) is 3.39. The van der Waals surface area contributed by atoms with Crippen LogP contribution in [0.5, 0.6) is 0 Å². The molecule has 4 aromatic rings. The zero-order valence-corrected chi connectivity index (χ0v) is 12.9. The van der Waals surface area contributed by atoms with Gasteiger partial charge >= 0.3 is 0 Å². The molecule has 0 spiro atoms. The third-order valence-corrected chi connectivity index (χ3v) is 3.95. The first-order chi connectivity index (χ1) is 11.4. The van der Waals surface area contributed by atoms with Gasteiger partial charge in [-0.15, -0.1) is 0 Å². The van der Waals surface area contributed by atoms with Crippen LogP contribution in [0, 0.1) is 6.07 Å². The van der Waals surface area contributed by atoms with Gasteiger partial charge < -0.3 is 0 Å². The summed E-state index contributed by atoms with van der Waals surface area (Å²) in [5.74, 6) is 1.05. The average molecular weight is 298 g/mol. The van der Waals surface area contributed by atoms with Crippen molar-refractivity contribution < 1.29 is 0 Å². The number of aryl methyl sites for hydroxylation is 1. The molecule has 0 aliphatic carbocycles. The Balaban J connectivity index is 1.92. The molecule has 0 fully saturated rings. The summed E-state index contributed by atoms with van der Waals surface area (Å²) in [6.07, 6.45) is 2.69. The van der Waals surface area contributed by atoms with Gasteiger partial charge in [0.05, 0.1) is 16.7 Å². The van der Waals surface area contributed by atoms with Crippen molar-refractivity contribution in [2.75, 3.05) is 0 Å². The number of aromatic nitrogens is 3. The van der Waals surface area contributed by atoms with Crippen LogP contribution in [-0.4, -0.2) is 14.5 Å². The highest BCUT2D eigenvalue weighted by molar-refractivity contribution is 5.83.